The summed E-state index contributed by atoms with van der Waals surface area (Å²) in [7, 11) is 3.40. The number of amides is 2. The van der Waals surface area contributed by atoms with Gasteiger partial charge in [0.2, 0.25) is 5.91 Å². The van der Waals surface area contributed by atoms with Crippen LogP contribution >= 0.6 is 11.8 Å². The molecular formula is C27H24N6O2S. The second kappa shape index (κ2) is 10.1. The number of benzene rings is 3. The van der Waals surface area contributed by atoms with Crippen molar-refractivity contribution < 1.29 is 9.59 Å². The Morgan fingerprint density at radius 3 is 2.39 bits per heavy atom. The van der Waals surface area contributed by atoms with Crippen molar-refractivity contribution in [3.05, 3.63) is 90.5 Å². The van der Waals surface area contributed by atoms with Gasteiger partial charge in [0.15, 0.2) is 11.0 Å². The molecule has 5 rings (SSSR count). The Balaban J connectivity index is 1.35. The van der Waals surface area contributed by atoms with Crippen molar-refractivity contribution in [1.29, 1.82) is 0 Å². The lowest BCUT2D eigenvalue weighted by Crippen LogP contribution is -2.21. The van der Waals surface area contributed by atoms with Crippen LogP contribution in [0.5, 0.6) is 0 Å². The molecule has 180 valence electrons. The van der Waals surface area contributed by atoms with Crippen molar-refractivity contribution >= 4 is 40.2 Å². The Morgan fingerprint density at radius 1 is 0.944 bits per heavy atom. The largest absolute Gasteiger partial charge is 0.352 e. The number of fused-ring (bicyclic) bond motifs is 1. The van der Waals surface area contributed by atoms with Crippen LogP contribution in [-0.4, -0.2) is 56.3 Å². The molecule has 0 spiro atoms. The predicted octanol–water partition coefficient (Wildman–Crippen LogP) is 4.85. The summed E-state index contributed by atoms with van der Waals surface area (Å²) in [6, 6.07) is 26.8. The first kappa shape index (κ1) is 23.4. The van der Waals surface area contributed by atoms with Crippen molar-refractivity contribution in [1.82, 2.24) is 24.6 Å². The molecule has 0 bridgehead atoms. The summed E-state index contributed by atoms with van der Waals surface area (Å²) >= 11 is 1.31. The molecule has 0 aliphatic carbocycles. The molecule has 2 amide bonds. The summed E-state index contributed by atoms with van der Waals surface area (Å²) in [6.07, 6.45) is 0. The van der Waals surface area contributed by atoms with Crippen molar-refractivity contribution in [3.63, 3.8) is 0 Å². The SMILES string of the molecule is CN(C)C(=O)c1ccc(NC(=O)CSc2nnc(-c3cc4ccccc4[nH]3)n2-c2ccccc2)cc1. The van der Waals surface area contributed by atoms with Crippen LogP contribution in [0.2, 0.25) is 0 Å². The Kier molecular flexibility index (Phi) is 6.55. The highest BCUT2D eigenvalue weighted by molar-refractivity contribution is 7.99. The molecule has 2 N–H and O–H groups in total. The third-order valence-electron chi connectivity index (χ3n) is 5.57. The summed E-state index contributed by atoms with van der Waals surface area (Å²) in [6.45, 7) is 0. The van der Waals surface area contributed by atoms with E-state index < -0.39 is 0 Å². The van der Waals surface area contributed by atoms with Gasteiger partial charge in [0.05, 0.1) is 11.4 Å². The highest BCUT2D eigenvalue weighted by Gasteiger charge is 2.19. The van der Waals surface area contributed by atoms with E-state index >= 15 is 0 Å². The summed E-state index contributed by atoms with van der Waals surface area (Å²) in [5.41, 5.74) is 3.95. The van der Waals surface area contributed by atoms with Gasteiger partial charge in [0, 0.05) is 41.9 Å². The van der Waals surface area contributed by atoms with Gasteiger partial charge in [0.1, 0.15) is 0 Å². The monoisotopic (exact) mass is 496 g/mol. The van der Waals surface area contributed by atoms with Crippen molar-refractivity contribution in [2.75, 3.05) is 25.2 Å². The van der Waals surface area contributed by atoms with Crippen molar-refractivity contribution in [3.8, 4) is 17.2 Å². The summed E-state index contributed by atoms with van der Waals surface area (Å²) < 4.78 is 1.95. The number of anilines is 1. The fourth-order valence-electron chi connectivity index (χ4n) is 3.82. The van der Waals surface area contributed by atoms with Crippen LogP contribution in [0.15, 0.2) is 90.1 Å². The van der Waals surface area contributed by atoms with Gasteiger partial charge < -0.3 is 15.2 Å². The number of aromatic nitrogens is 4. The van der Waals surface area contributed by atoms with E-state index in [9.17, 15) is 9.59 Å². The van der Waals surface area contributed by atoms with Gasteiger partial charge in [-0.1, -0.05) is 48.2 Å². The number of aromatic amines is 1. The number of rotatable bonds is 7. The van der Waals surface area contributed by atoms with E-state index in [2.05, 4.69) is 20.5 Å². The molecule has 2 heterocycles. The maximum Gasteiger partial charge on any atom is 0.253 e. The first-order valence-electron chi connectivity index (χ1n) is 11.3. The Labute approximate surface area is 212 Å². The molecule has 0 unspecified atom stereocenters. The lowest BCUT2D eigenvalue weighted by atomic mass is 10.2. The zero-order valence-corrected chi connectivity index (χ0v) is 20.6. The van der Waals surface area contributed by atoms with Crippen LogP contribution < -0.4 is 5.32 Å². The molecule has 8 nitrogen and oxygen atoms in total. The quantitative estimate of drug-likeness (QED) is 0.314. The van der Waals surface area contributed by atoms with E-state index in [1.165, 1.54) is 16.7 Å². The molecule has 0 saturated carbocycles. The number of thioether (sulfide) groups is 1. The Morgan fingerprint density at radius 2 is 1.67 bits per heavy atom. The minimum absolute atomic E-state index is 0.0885. The van der Waals surface area contributed by atoms with Crippen LogP contribution in [0.3, 0.4) is 0 Å². The van der Waals surface area contributed by atoms with Crippen LogP contribution in [0.1, 0.15) is 10.4 Å². The second-order valence-electron chi connectivity index (χ2n) is 8.36. The van der Waals surface area contributed by atoms with E-state index in [0.29, 0.717) is 22.2 Å². The summed E-state index contributed by atoms with van der Waals surface area (Å²) in [4.78, 5) is 29.7. The third-order valence-corrected chi connectivity index (χ3v) is 6.50. The van der Waals surface area contributed by atoms with Gasteiger partial charge >= 0.3 is 0 Å². The van der Waals surface area contributed by atoms with Crippen LogP contribution in [-0.2, 0) is 4.79 Å². The second-order valence-corrected chi connectivity index (χ2v) is 9.30. The van der Waals surface area contributed by atoms with Crippen molar-refractivity contribution in [2.24, 2.45) is 0 Å². The fraction of sp³-hybridized carbons (Fsp3) is 0.111. The van der Waals surface area contributed by atoms with E-state index in [1.807, 2.05) is 65.2 Å². The van der Waals surface area contributed by atoms with Gasteiger partial charge in [-0.25, -0.2) is 0 Å². The number of carbonyl (C=O) groups is 2. The van der Waals surface area contributed by atoms with E-state index in [0.717, 1.165) is 22.3 Å². The Hall–Kier alpha value is -4.37. The zero-order valence-electron chi connectivity index (χ0n) is 19.8. The molecule has 9 heteroatoms. The first-order valence-corrected chi connectivity index (χ1v) is 12.3. The average molecular weight is 497 g/mol. The van der Waals surface area contributed by atoms with Gasteiger partial charge in [-0.15, -0.1) is 10.2 Å². The molecule has 3 aromatic carbocycles. The van der Waals surface area contributed by atoms with Crippen LogP contribution in [0, 0.1) is 0 Å². The lowest BCUT2D eigenvalue weighted by Gasteiger charge is -2.11. The smallest absolute Gasteiger partial charge is 0.253 e. The third kappa shape index (κ3) is 4.87. The maximum atomic E-state index is 12.7. The lowest BCUT2D eigenvalue weighted by molar-refractivity contribution is -0.113. The Bertz CT molecular complexity index is 1490. The molecule has 0 radical (unpaired) electrons. The molecule has 5 aromatic rings. The van der Waals surface area contributed by atoms with Crippen LogP contribution in [0.4, 0.5) is 5.69 Å². The minimum atomic E-state index is -0.179. The molecule has 0 fully saturated rings. The van der Waals surface area contributed by atoms with Gasteiger partial charge in [-0.2, -0.15) is 0 Å². The summed E-state index contributed by atoms with van der Waals surface area (Å²) in [5, 5.41) is 13.4. The highest BCUT2D eigenvalue weighted by atomic mass is 32.2. The predicted molar refractivity (Wildman–Crippen MR) is 142 cm³/mol. The van der Waals surface area contributed by atoms with Crippen LogP contribution in [0.25, 0.3) is 28.1 Å². The molecule has 36 heavy (non-hydrogen) atoms. The number of nitrogens with zero attached hydrogens (tertiary/aromatic N) is 4. The van der Waals surface area contributed by atoms with Gasteiger partial charge in [-0.3, -0.25) is 14.2 Å². The van der Waals surface area contributed by atoms with Gasteiger partial charge in [0.25, 0.3) is 5.91 Å². The molecule has 0 aliphatic heterocycles. The fourth-order valence-corrected chi connectivity index (χ4v) is 4.57. The maximum absolute atomic E-state index is 12.7. The highest BCUT2D eigenvalue weighted by Crippen LogP contribution is 2.29. The van der Waals surface area contributed by atoms with E-state index in [4.69, 9.17) is 0 Å². The number of para-hydroxylation sites is 2. The van der Waals surface area contributed by atoms with Crippen molar-refractivity contribution in [2.45, 2.75) is 5.16 Å². The first-order chi connectivity index (χ1) is 17.5. The molecule has 2 aromatic heterocycles. The standard InChI is InChI=1S/C27H24N6O2S/c1-32(2)26(35)18-12-14-20(15-13-18)28-24(34)17-36-27-31-30-25(33(27)21-9-4-3-5-10-21)23-16-19-8-6-7-11-22(19)29-23/h3-16,29H,17H2,1-2H3,(H,28,34). The number of H-pyrrole nitrogens is 1. The number of hydrogen-bond acceptors (Lipinski definition) is 5. The molecule has 0 atom stereocenters. The van der Waals surface area contributed by atoms with Gasteiger partial charge in [-0.05, 0) is 48.5 Å². The molecule has 0 aliphatic rings. The van der Waals surface area contributed by atoms with E-state index in [1.54, 1.807) is 38.4 Å². The molecular weight excluding hydrogens is 472 g/mol. The van der Waals surface area contributed by atoms with E-state index in [-0.39, 0.29) is 17.6 Å². The minimum Gasteiger partial charge on any atom is -0.352 e. The summed E-state index contributed by atoms with van der Waals surface area (Å²) in [5.74, 6) is 0.549. The number of nitrogens with one attached hydrogen (secondary N) is 2. The molecule has 0 saturated heterocycles. The average Bonchev–Trinajstić information content (AvgIpc) is 3.52. The normalized spacial score (nSPS) is 10.9. The topological polar surface area (TPSA) is 95.9 Å². The number of hydrogen-bond donors (Lipinski definition) is 2. The zero-order chi connectivity index (χ0) is 25.1. The number of carbonyl (C=O) groups excluding carboxylic acids is 2.